The lowest BCUT2D eigenvalue weighted by Gasteiger charge is -2.04. The lowest BCUT2D eigenvalue weighted by molar-refractivity contribution is 0.0983. The van der Waals surface area contributed by atoms with Crippen LogP contribution in [-0.2, 0) is 13.0 Å². The second kappa shape index (κ2) is 4.95. The van der Waals surface area contributed by atoms with Crippen LogP contribution >= 0.6 is 0 Å². The molecule has 0 atom stereocenters. The molecule has 1 aromatic carbocycles. The second-order valence-electron chi connectivity index (χ2n) is 4.12. The average molecular weight is 228 g/mol. The van der Waals surface area contributed by atoms with Gasteiger partial charge in [-0.05, 0) is 25.5 Å². The van der Waals surface area contributed by atoms with Gasteiger partial charge < -0.3 is 0 Å². The zero-order valence-corrected chi connectivity index (χ0v) is 10.2. The quantitative estimate of drug-likeness (QED) is 0.754. The molecule has 0 amide bonds. The fraction of sp³-hybridized carbons (Fsp3) is 0.286. The summed E-state index contributed by atoms with van der Waals surface area (Å²) in [6, 6.07) is 9.82. The second-order valence-corrected chi connectivity index (χ2v) is 4.12. The molecule has 2 aromatic rings. The lowest BCUT2D eigenvalue weighted by atomic mass is 10.0. The van der Waals surface area contributed by atoms with Crippen molar-refractivity contribution < 1.29 is 4.79 Å². The van der Waals surface area contributed by atoms with E-state index in [4.69, 9.17) is 0 Å². The van der Waals surface area contributed by atoms with E-state index in [0.29, 0.717) is 12.1 Å². The molecule has 17 heavy (non-hydrogen) atoms. The van der Waals surface area contributed by atoms with Gasteiger partial charge in [0.25, 0.3) is 0 Å². The van der Waals surface area contributed by atoms with Crippen LogP contribution in [0.3, 0.4) is 0 Å². The molecular weight excluding hydrogens is 212 g/mol. The van der Waals surface area contributed by atoms with Gasteiger partial charge in [-0.2, -0.15) is 5.10 Å². The van der Waals surface area contributed by atoms with Crippen LogP contribution in [-0.4, -0.2) is 15.6 Å². The minimum atomic E-state index is 0.120. The number of benzene rings is 1. The minimum absolute atomic E-state index is 0.120. The van der Waals surface area contributed by atoms with E-state index in [0.717, 1.165) is 12.1 Å². The number of Topliss-reactive ketones (excluding diaryl/α,β-unsaturated/α-hetero) is 1. The SMILES string of the molecule is CCn1nccc1C(=O)Cc1cccc(C)c1. The van der Waals surface area contributed by atoms with Gasteiger partial charge in [0, 0.05) is 19.2 Å². The van der Waals surface area contributed by atoms with Crippen LogP contribution in [0, 0.1) is 6.92 Å². The number of nitrogens with zero attached hydrogens (tertiary/aromatic N) is 2. The molecule has 0 spiro atoms. The first-order valence-corrected chi connectivity index (χ1v) is 5.81. The summed E-state index contributed by atoms with van der Waals surface area (Å²) in [5.41, 5.74) is 2.92. The van der Waals surface area contributed by atoms with Crippen molar-refractivity contribution >= 4 is 5.78 Å². The number of ketones is 1. The van der Waals surface area contributed by atoms with Gasteiger partial charge in [-0.25, -0.2) is 0 Å². The van der Waals surface area contributed by atoms with E-state index < -0.39 is 0 Å². The molecule has 0 aliphatic rings. The van der Waals surface area contributed by atoms with Gasteiger partial charge in [-0.15, -0.1) is 0 Å². The summed E-state index contributed by atoms with van der Waals surface area (Å²) in [5.74, 6) is 0.120. The van der Waals surface area contributed by atoms with Gasteiger partial charge in [0.1, 0.15) is 5.69 Å². The predicted molar refractivity (Wildman–Crippen MR) is 67.1 cm³/mol. The monoisotopic (exact) mass is 228 g/mol. The number of hydrogen-bond donors (Lipinski definition) is 0. The molecule has 3 nitrogen and oxygen atoms in total. The summed E-state index contributed by atoms with van der Waals surface area (Å²) in [4.78, 5) is 12.1. The topological polar surface area (TPSA) is 34.9 Å². The number of aryl methyl sites for hydroxylation is 2. The smallest absolute Gasteiger partial charge is 0.185 e. The van der Waals surface area contributed by atoms with Crippen molar-refractivity contribution in [1.29, 1.82) is 0 Å². The molecule has 3 heteroatoms. The van der Waals surface area contributed by atoms with Crippen molar-refractivity contribution in [3.63, 3.8) is 0 Å². The third kappa shape index (κ3) is 2.61. The molecule has 0 fully saturated rings. The summed E-state index contributed by atoms with van der Waals surface area (Å²) < 4.78 is 1.73. The highest BCUT2D eigenvalue weighted by atomic mass is 16.1. The molecule has 0 saturated carbocycles. The Morgan fingerprint density at radius 1 is 1.35 bits per heavy atom. The van der Waals surface area contributed by atoms with Crippen LogP contribution in [0.25, 0.3) is 0 Å². The minimum Gasteiger partial charge on any atom is -0.292 e. The van der Waals surface area contributed by atoms with Crippen LogP contribution in [0.1, 0.15) is 28.5 Å². The molecule has 0 aliphatic heterocycles. The Morgan fingerprint density at radius 3 is 2.88 bits per heavy atom. The van der Waals surface area contributed by atoms with Crippen molar-refractivity contribution in [1.82, 2.24) is 9.78 Å². The van der Waals surface area contributed by atoms with Crippen LogP contribution in [0.15, 0.2) is 36.5 Å². The number of rotatable bonds is 4. The molecule has 0 unspecified atom stereocenters. The van der Waals surface area contributed by atoms with Gasteiger partial charge in [0.15, 0.2) is 5.78 Å². The first-order valence-electron chi connectivity index (χ1n) is 5.81. The molecule has 2 rings (SSSR count). The molecule has 1 heterocycles. The maximum absolute atomic E-state index is 12.1. The molecule has 0 bridgehead atoms. The van der Waals surface area contributed by atoms with Gasteiger partial charge >= 0.3 is 0 Å². The zero-order chi connectivity index (χ0) is 12.3. The Kier molecular flexibility index (Phi) is 3.38. The Labute approximate surface area is 101 Å². The Bertz CT molecular complexity index is 529. The third-order valence-corrected chi connectivity index (χ3v) is 2.75. The average Bonchev–Trinajstić information content (AvgIpc) is 2.77. The normalized spacial score (nSPS) is 10.5. The fourth-order valence-corrected chi connectivity index (χ4v) is 1.92. The van der Waals surface area contributed by atoms with Gasteiger partial charge in [0.05, 0.1) is 0 Å². The van der Waals surface area contributed by atoms with E-state index in [-0.39, 0.29) is 5.78 Å². The molecule has 0 aliphatic carbocycles. The Morgan fingerprint density at radius 2 is 2.18 bits per heavy atom. The van der Waals surface area contributed by atoms with Crippen molar-refractivity contribution in [2.75, 3.05) is 0 Å². The van der Waals surface area contributed by atoms with E-state index in [1.165, 1.54) is 5.56 Å². The van der Waals surface area contributed by atoms with E-state index in [9.17, 15) is 4.79 Å². The Hall–Kier alpha value is -1.90. The summed E-state index contributed by atoms with van der Waals surface area (Å²) in [6.45, 7) is 4.74. The standard InChI is InChI=1S/C14H16N2O/c1-3-16-13(7-8-15-16)14(17)10-12-6-4-5-11(2)9-12/h4-9H,3,10H2,1-2H3. The summed E-state index contributed by atoms with van der Waals surface area (Å²) in [5, 5.41) is 4.11. The number of hydrogen-bond acceptors (Lipinski definition) is 2. The maximum atomic E-state index is 12.1. The Balaban J connectivity index is 2.17. The summed E-state index contributed by atoms with van der Waals surface area (Å²) in [6.07, 6.45) is 2.11. The molecule has 0 radical (unpaired) electrons. The van der Waals surface area contributed by atoms with Crippen LogP contribution in [0.4, 0.5) is 0 Å². The summed E-state index contributed by atoms with van der Waals surface area (Å²) >= 11 is 0. The third-order valence-electron chi connectivity index (χ3n) is 2.75. The lowest BCUT2D eigenvalue weighted by Crippen LogP contribution is -2.11. The van der Waals surface area contributed by atoms with Crippen molar-refractivity contribution in [3.05, 3.63) is 53.3 Å². The fourth-order valence-electron chi connectivity index (χ4n) is 1.92. The highest BCUT2D eigenvalue weighted by molar-refractivity contribution is 5.95. The van der Waals surface area contributed by atoms with Crippen LogP contribution in [0.5, 0.6) is 0 Å². The van der Waals surface area contributed by atoms with Crippen molar-refractivity contribution in [2.24, 2.45) is 0 Å². The van der Waals surface area contributed by atoms with Crippen LogP contribution in [0.2, 0.25) is 0 Å². The molecule has 1 aromatic heterocycles. The highest BCUT2D eigenvalue weighted by Crippen LogP contribution is 2.09. The van der Waals surface area contributed by atoms with Gasteiger partial charge in [-0.3, -0.25) is 9.48 Å². The molecule has 88 valence electrons. The van der Waals surface area contributed by atoms with E-state index in [2.05, 4.69) is 5.10 Å². The molecular formula is C14H16N2O. The summed E-state index contributed by atoms with van der Waals surface area (Å²) in [7, 11) is 0. The molecule has 0 saturated heterocycles. The number of aromatic nitrogens is 2. The van der Waals surface area contributed by atoms with E-state index in [1.54, 1.807) is 16.9 Å². The maximum Gasteiger partial charge on any atom is 0.185 e. The first kappa shape index (κ1) is 11.6. The van der Waals surface area contributed by atoms with Crippen LogP contribution < -0.4 is 0 Å². The van der Waals surface area contributed by atoms with Crippen molar-refractivity contribution in [2.45, 2.75) is 26.8 Å². The van der Waals surface area contributed by atoms with E-state index >= 15 is 0 Å². The van der Waals surface area contributed by atoms with E-state index in [1.807, 2.05) is 38.1 Å². The predicted octanol–water partition coefficient (Wildman–Crippen LogP) is 2.64. The highest BCUT2D eigenvalue weighted by Gasteiger charge is 2.11. The van der Waals surface area contributed by atoms with Gasteiger partial charge in [0.2, 0.25) is 0 Å². The van der Waals surface area contributed by atoms with Crippen molar-refractivity contribution in [3.8, 4) is 0 Å². The zero-order valence-electron chi connectivity index (χ0n) is 10.2. The largest absolute Gasteiger partial charge is 0.292 e. The van der Waals surface area contributed by atoms with Gasteiger partial charge in [-0.1, -0.05) is 29.8 Å². The first-order chi connectivity index (χ1) is 8.20. The number of carbonyl (C=O) groups excluding carboxylic acids is 1. The molecule has 0 N–H and O–H groups in total. The number of carbonyl (C=O) groups is 1.